The van der Waals surface area contributed by atoms with Crippen LogP contribution < -0.4 is 10.6 Å². The van der Waals surface area contributed by atoms with Gasteiger partial charge in [0.25, 0.3) is 0 Å². The van der Waals surface area contributed by atoms with Crippen LogP contribution in [0.15, 0.2) is 56.8 Å². The number of amides is 2. The Bertz CT molecular complexity index is 1500. The lowest BCUT2D eigenvalue weighted by atomic mass is 10.0. The van der Waals surface area contributed by atoms with Crippen molar-refractivity contribution in [2.45, 2.75) is 52.0 Å². The van der Waals surface area contributed by atoms with Gasteiger partial charge in [-0.3, -0.25) is 14.4 Å². The summed E-state index contributed by atoms with van der Waals surface area (Å²) in [6.45, 7) is 5.47. The summed E-state index contributed by atoms with van der Waals surface area (Å²) in [4.78, 5) is 43.4. The second-order valence-electron chi connectivity index (χ2n) is 10.4. The number of fused-ring (bicyclic) bond motifs is 1. The third-order valence-electron chi connectivity index (χ3n) is 7.49. The van der Waals surface area contributed by atoms with Gasteiger partial charge in [0.05, 0.1) is 18.4 Å². The summed E-state index contributed by atoms with van der Waals surface area (Å²) < 4.78 is 11.0. The normalized spacial score (nSPS) is 18.3. The highest BCUT2D eigenvalue weighted by molar-refractivity contribution is 6.12. The fourth-order valence-corrected chi connectivity index (χ4v) is 5.34. The van der Waals surface area contributed by atoms with E-state index in [1.54, 1.807) is 28.9 Å². The van der Waals surface area contributed by atoms with Crippen molar-refractivity contribution >= 4 is 34.3 Å². The second kappa shape index (κ2) is 11.7. The van der Waals surface area contributed by atoms with Gasteiger partial charge in [0.15, 0.2) is 0 Å². The first-order valence-corrected chi connectivity index (χ1v) is 13.7. The first kappa shape index (κ1) is 27.1. The molecule has 10 nitrogen and oxygen atoms in total. The van der Waals surface area contributed by atoms with Crippen molar-refractivity contribution in [1.82, 2.24) is 15.1 Å². The predicted molar refractivity (Wildman–Crippen MR) is 148 cm³/mol. The zero-order valence-corrected chi connectivity index (χ0v) is 22.8. The van der Waals surface area contributed by atoms with Gasteiger partial charge >= 0.3 is 0 Å². The van der Waals surface area contributed by atoms with E-state index in [-0.39, 0.29) is 35.3 Å². The van der Waals surface area contributed by atoms with Crippen LogP contribution in [0.2, 0.25) is 0 Å². The van der Waals surface area contributed by atoms with Crippen molar-refractivity contribution in [3.8, 4) is 6.07 Å². The maximum atomic E-state index is 13.7. The van der Waals surface area contributed by atoms with E-state index in [0.29, 0.717) is 30.0 Å². The molecule has 2 fully saturated rings. The van der Waals surface area contributed by atoms with Gasteiger partial charge in [-0.05, 0) is 76.3 Å². The topological polar surface area (TPSA) is 132 Å². The summed E-state index contributed by atoms with van der Waals surface area (Å²) in [6, 6.07) is 10.2. The molecule has 4 heterocycles. The molecule has 0 radical (unpaired) electrons. The lowest BCUT2D eigenvalue weighted by molar-refractivity contribution is -0.140. The SMILES string of the molecule is Cc1cc2cc(N/C(N[C@H]3CCCCN(CC(=O)N4CCCC4)C3=O)=C(\C#N)C(=O)c3ccoc3C)ccc2o1. The van der Waals surface area contributed by atoms with E-state index in [0.717, 1.165) is 49.9 Å². The molecule has 2 amide bonds. The van der Waals surface area contributed by atoms with E-state index in [1.165, 1.54) is 12.3 Å². The highest BCUT2D eigenvalue weighted by atomic mass is 16.3. The van der Waals surface area contributed by atoms with Crippen LogP contribution in [-0.4, -0.2) is 59.6 Å². The first-order chi connectivity index (χ1) is 19.3. The highest BCUT2D eigenvalue weighted by Crippen LogP contribution is 2.25. The summed E-state index contributed by atoms with van der Waals surface area (Å²) >= 11 is 0. The monoisotopic (exact) mass is 543 g/mol. The Balaban J connectivity index is 1.46. The Morgan fingerprint density at radius 3 is 2.58 bits per heavy atom. The van der Waals surface area contributed by atoms with Gasteiger partial charge in [0.2, 0.25) is 17.6 Å². The minimum Gasteiger partial charge on any atom is -0.469 e. The molecule has 2 aromatic heterocycles. The third-order valence-corrected chi connectivity index (χ3v) is 7.49. The van der Waals surface area contributed by atoms with Crippen LogP contribution in [0.1, 0.15) is 54.0 Å². The van der Waals surface area contributed by atoms with E-state index in [2.05, 4.69) is 10.6 Å². The summed E-state index contributed by atoms with van der Waals surface area (Å²) in [5.74, 6) is 0.480. The van der Waals surface area contributed by atoms with Gasteiger partial charge < -0.3 is 29.3 Å². The van der Waals surface area contributed by atoms with Crippen LogP contribution in [0.4, 0.5) is 5.69 Å². The van der Waals surface area contributed by atoms with E-state index in [1.807, 2.05) is 25.1 Å². The minimum absolute atomic E-state index is 0.0260. The molecule has 0 spiro atoms. The number of likely N-dealkylation sites (tertiary alicyclic amines) is 2. The number of nitriles is 1. The average Bonchev–Trinajstić information content (AvgIpc) is 3.68. The van der Waals surface area contributed by atoms with Crippen LogP contribution in [0.5, 0.6) is 0 Å². The molecule has 208 valence electrons. The fraction of sp³-hybridized carbons (Fsp3) is 0.400. The Morgan fingerprint density at radius 2 is 1.85 bits per heavy atom. The van der Waals surface area contributed by atoms with Crippen molar-refractivity contribution in [1.29, 1.82) is 5.26 Å². The van der Waals surface area contributed by atoms with E-state index < -0.39 is 11.8 Å². The van der Waals surface area contributed by atoms with E-state index in [9.17, 15) is 19.6 Å². The van der Waals surface area contributed by atoms with Crippen LogP contribution in [0.3, 0.4) is 0 Å². The Labute approximate surface area is 232 Å². The molecule has 10 heteroatoms. The largest absolute Gasteiger partial charge is 0.469 e. The van der Waals surface area contributed by atoms with Crippen molar-refractivity contribution in [3.05, 3.63) is 65.1 Å². The highest BCUT2D eigenvalue weighted by Gasteiger charge is 2.32. The summed E-state index contributed by atoms with van der Waals surface area (Å²) in [5.41, 5.74) is 1.42. The molecule has 1 atom stereocenters. The van der Waals surface area contributed by atoms with Crippen molar-refractivity contribution < 1.29 is 23.2 Å². The number of hydrogen-bond donors (Lipinski definition) is 2. The smallest absolute Gasteiger partial charge is 0.245 e. The molecule has 1 aromatic carbocycles. The predicted octanol–water partition coefficient (Wildman–Crippen LogP) is 4.27. The lowest BCUT2D eigenvalue weighted by Crippen LogP contribution is -2.49. The number of nitrogens with zero attached hydrogens (tertiary/aromatic N) is 3. The maximum absolute atomic E-state index is 13.7. The van der Waals surface area contributed by atoms with Gasteiger partial charge in [-0.2, -0.15) is 5.26 Å². The minimum atomic E-state index is -0.724. The molecule has 0 saturated carbocycles. The second-order valence-corrected chi connectivity index (χ2v) is 10.4. The third kappa shape index (κ3) is 5.73. The van der Waals surface area contributed by atoms with E-state index in [4.69, 9.17) is 8.83 Å². The first-order valence-electron chi connectivity index (χ1n) is 13.7. The molecule has 2 aliphatic rings. The number of benzene rings is 1. The Morgan fingerprint density at radius 1 is 1.07 bits per heavy atom. The number of Topliss-reactive ketones (excluding diaryl/α,β-unsaturated/α-hetero) is 1. The van der Waals surface area contributed by atoms with Crippen LogP contribution in [0.25, 0.3) is 11.0 Å². The van der Waals surface area contributed by atoms with Crippen molar-refractivity contribution in [2.24, 2.45) is 0 Å². The lowest BCUT2D eigenvalue weighted by Gasteiger charge is -2.28. The number of carbonyl (C=O) groups excluding carboxylic acids is 3. The molecule has 2 N–H and O–H groups in total. The molecule has 2 saturated heterocycles. The summed E-state index contributed by atoms with van der Waals surface area (Å²) in [5, 5.41) is 17.4. The quantitative estimate of drug-likeness (QED) is 0.245. The number of aryl methyl sites for hydroxylation is 2. The number of anilines is 1. The molecule has 40 heavy (non-hydrogen) atoms. The van der Waals surface area contributed by atoms with Gasteiger partial charge in [-0.1, -0.05) is 0 Å². The van der Waals surface area contributed by atoms with Crippen LogP contribution in [0, 0.1) is 25.2 Å². The Kier molecular flexibility index (Phi) is 7.91. The molecular formula is C30H33N5O5. The molecule has 0 unspecified atom stereocenters. The zero-order valence-electron chi connectivity index (χ0n) is 22.8. The van der Waals surface area contributed by atoms with Crippen molar-refractivity contribution in [2.75, 3.05) is 31.5 Å². The number of rotatable bonds is 8. The maximum Gasteiger partial charge on any atom is 0.245 e. The van der Waals surface area contributed by atoms with Gasteiger partial charge in [-0.25, -0.2) is 0 Å². The molecule has 2 aliphatic heterocycles. The molecule has 3 aromatic rings. The number of carbonyl (C=O) groups is 3. The summed E-state index contributed by atoms with van der Waals surface area (Å²) in [6.07, 6.45) is 5.37. The van der Waals surface area contributed by atoms with Crippen LogP contribution in [-0.2, 0) is 9.59 Å². The van der Waals surface area contributed by atoms with Crippen LogP contribution >= 0.6 is 0 Å². The van der Waals surface area contributed by atoms with Crippen molar-refractivity contribution in [3.63, 3.8) is 0 Å². The number of nitrogens with one attached hydrogen (secondary N) is 2. The van der Waals surface area contributed by atoms with E-state index >= 15 is 0 Å². The average molecular weight is 544 g/mol. The molecule has 0 bridgehead atoms. The van der Waals surface area contributed by atoms with Gasteiger partial charge in [0, 0.05) is 30.7 Å². The molecule has 0 aliphatic carbocycles. The molecule has 5 rings (SSSR count). The standard InChI is InChI=1S/C30H33N5O5/c1-19-15-21-16-22(8-9-26(21)40-19)32-29(24(17-31)28(37)23-10-14-39-20(23)2)33-25-7-3-4-13-35(30(25)38)18-27(36)34-11-5-6-12-34/h8-10,14-16,25,32-33H,3-7,11-13,18H2,1-2H3/b29-24-/t25-/m0/s1. The molecular weight excluding hydrogens is 510 g/mol. The number of ketones is 1. The number of allylic oxidation sites excluding steroid dienone is 1. The number of hydrogen-bond acceptors (Lipinski definition) is 8. The number of furan rings is 2. The zero-order chi connectivity index (χ0) is 28.2. The summed E-state index contributed by atoms with van der Waals surface area (Å²) in [7, 11) is 0. The Hall–Kier alpha value is -4.52. The van der Waals surface area contributed by atoms with Gasteiger partial charge in [0.1, 0.15) is 40.6 Å². The fourth-order valence-electron chi connectivity index (χ4n) is 5.34. The van der Waals surface area contributed by atoms with Gasteiger partial charge in [-0.15, -0.1) is 0 Å².